The number of benzene rings is 1. The van der Waals surface area contributed by atoms with E-state index in [9.17, 15) is 18.9 Å². The van der Waals surface area contributed by atoms with E-state index < -0.39 is 51.2 Å². The summed E-state index contributed by atoms with van der Waals surface area (Å²) in [6, 6.07) is 3.87. The maximum atomic E-state index is 15.1. The first kappa shape index (κ1) is 25.1. The molecular formula is C24H32FN3O5S. The molecule has 0 radical (unpaired) electrons. The number of carbonyl (C=O) groups is 3. The van der Waals surface area contributed by atoms with Crippen LogP contribution in [0, 0.1) is 11.7 Å². The van der Waals surface area contributed by atoms with E-state index in [1.807, 2.05) is 26.8 Å². The number of barbiturate groups is 1. The van der Waals surface area contributed by atoms with Crippen LogP contribution in [0.3, 0.4) is 0 Å². The van der Waals surface area contributed by atoms with Crippen molar-refractivity contribution in [2.24, 2.45) is 5.92 Å². The molecule has 2 aliphatic heterocycles. The number of carbonyl (C=O) groups excluding carboxylic acids is 3. The predicted octanol–water partition coefficient (Wildman–Crippen LogP) is 2.67. The molecule has 2 heterocycles. The minimum Gasteiger partial charge on any atom is -0.598 e. The predicted molar refractivity (Wildman–Crippen MR) is 124 cm³/mol. The highest BCUT2D eigenvalue weighted by molar-refractivity contribution is 7.90. The monoisotopic (exact) mass is 493 g/mol. The summed E-state index contributed by atoms with van der Waals surface area (Å²) in [6.07, 6.45) is 2.46. The van der Waals surface area contributed by atoms with E-state index >= 15 is 4.39 Å². The zero-order chi connectivity index (χ0) is 24.7. The number of rotatable bonds is 6. The van der Waals surface area contributed by atoms with Crippen molar-refractivity contribution in [1.82, 2.24) is 14.9 Å². The Hall–Kier alpha value is -2.01. The lowest BCUT2D eigenvalue weighted by Gasteiger charge is -2.39. The minimum atomic E-state index is -1.50. The van der Waals surface area contributed by atoms with E-state index in [4.69, 9.17) is 4.74 Å². The van der Waals surface area contributed by atoms with Gasteiger partial charge >= 0.3 is 6.03 Å². The van der Waals surface area contributed by atoms with Gasteiger partial charge in [-0.15, -0.1) is 4.72 Å². The number of amides is 4. The van der Waals surface area contributed by atoms with E-state index in [2.05, 4.69) is 10.0 Å². The highest BCUT2D eigenvalue weighted by Crippen LogP contribution is 2.44. The molecule has 0 bridgehead atoms. The number of hydrogen-bond donors (Lipinski definition) is 2. The molecule has 2 fully saturated rings. The molecule has 186 valence electrons. The third-order valence-electron chi connectivity index (χ3n) is 6.96. The van der Waals surface area contributed by atoms with Crippen LogP contribution in [0.15, 0.2) is 18.2 Å². The fourth-order valence-electron chi connectivity index (χ4n) is 5.09. The Morgan fingerprint density at radius 3 is 2.65 bits per heavy atom. The summed E-state index contributed by atoms with van der Waals surface area (Å²) in [7, 11) is 0. The molecule has 0 aromatic heterocycles. The summed E-state index contributed by atoms with van der Waals surface area (Å²) in [5.41, 5.74) is 0.301. The Kier molecular flexibility index (Phi) is 7.06. The number of urea groups is 1. The van der Waals surface area contributed by atoms with E-state index in [0.717, 1.165) is 10.5 Å². The van der Waals surface area contributed by atoms with Crippen molar-refractivity contribution in [2.75, 3.05) is 13.2 Å². The molecule has 2 N–H and O–H groups in total. The quantitative estimate of drug-likeness (QED) is 0.466. The van der Waals surface area contributed by atoms with Gasteiger partial charge < -0.3 is 9.29 Å². The Bertz CT molecular complexity index is 978. The third kappa shape index (κ3) is 4.73. The summed E-state index contributed by atoms with van der Waals surface area (Å²) < 4.78 is 36.1. The van der Waals surface area contributed by atoms with Crippen molar-refractivity contribution >= 4 is 29.2 Å². The standard InChI is InChI=1S/C24H32FN3O5S/c1-23(2,3)34(32)27-24(11-7-15-5-4-6-18(25)19(15)24)12-8-17-20(29)26-22(31)28(21(17)30)16-9-13-33-14-10-16/h4-6,16-17,27H,7-14H2,1-3H3,(H,26,29,31)/t17-,24+,34?/m1/s1. The molecule has 2 saturated heterocycles. The Labute approximate surface area is 202 Å². The number of aryl methyl sites for hydroxylation is 1. The molecule has 34 heavy (non-hydrogen) atoms. The van der Waals surface area contributed by atoms with Gasteiger partial charge in [-0.1, -0.05) is 12.1 Å². The second-order valence-electron chi connectivity index (χ2n) is 10.3. The van der Waals surface area contributed by atoms with E-state index in [0.29, 0.717) is 44.5 Å². The summed E-state index contributed by atoms with van der Waals surface area (Å²) in [4.78, 5) is 39.6. The molecule has 1 aromatic rings. The number of ether oxygens (including phenoxy) is 1. The fraction of sp³-hybridized carbons (Fsp3) is 0.625. The number of fused-ring (bicyclic) bond motifs is 1. The summed E-state index contributed by atoms with van der Waals surface area (Å²) >= 11 is -1.50. The molecular weight excluding hydrogens is 461 g/mol. The van der Waals surface area contributed by atoms with Crippen molar-refractivity contribution < 1.29 is 28.1 Å². The number of nitrogens with zero attached hydrogens (tertiary/aromatic N) is 1. The fourth-order valence-corrected chi connectivity index (χ4v) is 6.05. The molecule has 1 aromatic carbocycles. The normalized spacial score (nSPS) is 27.0. The highest BCUT2D eigenvalue weighted by Gasteiger charge is 2.49. The van der Waals surface area contributed by atoms with Crippen LogP contribution in [0.25, 0.3) is 0 Å². The molecule has 3 atom stereocenters. The van der Waals surface area contributed by atoms with Crippen LogP contribution < -0.4 is 10.0 Å². The van der Waals surface area contributed by atoms with Crippen LogP contribution in [-0.4, -0.2) is 51.3 Å². The molecule has 0 saturated carbocycles. The zero-order valence-electron chi connectivity index (χ0n) is 19.8. The summed E-state index contributed by atoms with van der Waals surface area (Å²) in [5.74, 6) is -2.64. The van der Waals surface area contributed by atoms with Gasteiger partial charge in [0.15, 0.2) is 0 Å². The van der Waals surface area contributed by atoms with Crippen molar-refractivity contribution in [2.45, 2.75) is 75.6 Å². The Morgan fingerprint density at radius 1 is 1.26 bits per heavy atom. The molecule has 4 amide bonds. The van der Waals surface area contributed by atoms with Crippen LogP contribution in [0.1, 0.15) is 64.0 Å². The van der Waals surface area contributed by atoms with Crippen LogP contribution >= 0.6 is 0 Å². The average molecular weight is 494 g/mol. The lowest BCUT2D eigenvalue weighted by Crippen LogP contribution is -2.62. The zero-order valence-corrected chi connectivity index (χ0v) is 20.6. The molecule has 1 aliphatic carbocycles. The minimum absolute atomic E-state index is 0.0970. The van der Waals surface area contributed by atoms with E-state index in [1.54, 1.807) is 6.07 Å². The van der Waals surface area contributed by atoms with Gasteiger partial charge in [0.1, 0.15) is 16.5 Å². The number of imide groups is 2. The molecule has 3 aliphatic rings. The topological polar surface area (TPSA) is 111 Å². The number of halogens is 1. The first-order chi connectivity index (χ1) is 16.0. The number of nitrogens with one attached hydrogen (secondary N) is 2. The summed E-state index contributed by atoms with van der Waals surface area (Å²) in [6.45, 7) is 6.38. The number of hydrogen-bond acceptors (Lipinski definition) is 6. The summed E-state index contributed by atoms with van der Waals surface area (Å²) in [5, 5.41) is 2.32. The highest BCUT2D eigenvalue weighted by atomic mass is 32.2. The van der Waals surface area contributed by atoms with Crippen molar-refractivity contribution in [3.05, 3.63) is 35.1 Å². The van der Waals surface area contributed by atoms with Gasteiger partial charge in [0.2, 0.25) is 11.8 Å². The maximum Gasteiger partial charge on any atom is 0.331 e. The van der Waals surface area contributed by atoms with Crippen LogP contribution in [0.5, 0.6) is 0 Å². The third-order valence-corrected chi connectivity index (χ3v) is 8.65. The molecule has 1 unspecified atom stereocenters. The second-order valence-corrected chi connectivity index (χ2v) is 12.2. The first-order valence-electron chi connectivity index (χ1n) is 11.8. The van der Waals surface area contributed by atoms with Crippen molar-refractivity contribution in [3.63, 3.8) is 0 Å². The first-order valence-corrected chi connectivity index (χ1v) is 12.9. The largest absolute Gasteiger partial charge is 0.598 e. The molecule has 8 nitrogen and oxygen atoms in total. The average Bonchev–Trinajstić information content (AvgIpc) is 3.13. The second kappa shape index (κ2) is 9.56. The lowest BCUT2D eigenvalue weighted by atomic mass is 9.83. The van der Waals surface area contributed by atoms with Gasteiger partial charge in [-0.05, 0) is 70.9 Å². The van der Waals surface area contributed by atoms with Gasteiger partial charge in [-0.3, -0.25) is 19.8 Å². The van der Waals surface area contributed by atoms with Crippen molar-refractivity contribution in [1.29, 1.82) is 0 Å². The Balaban J connectivity index is 1.60. The van der Waals surface area contributed by atoms with E-state index in [-0.39, 0.29) is 18.9 Å². The van der Waals surface area contributed by atoms with Gasteiger partial charge in [-0.25, -0.2) is 9.18 Å². The van der Waals surface area contributed by atoms with Crippen LogP contribution in [0.4, 0.5) is 9.18 Å². The SMILES string of the molecule is CC(C)(C)[S+]([O-])N[C@]1(CC[C@@H]2C(=O)NC(=O)N(C3CCOCC3)C2=O)CCc2cccc(F)c21. The van der Waals surface area contributed by atoms with Gasteiger partial charge in [-0.2, -0.15) is 0 Å². The van der Waals surface area contributed by atoms with Crippen LogP contribution in [0.2, 0.25) is 0 Å². The molecule has 4 rings (SSSR count). The van der Waals surface area contributed by atoms with Crippen molar-refractivity contribution in [3.8, 4) is 0 Å². The van der Waals surface area contributed by atoms with E-state index in [1.165, 1.54) is 6.07 Å². The Morgan fingerprint density at radius 2 is 1.97 bits per heavy atom. The molecule has 0 spiro atoms. The maximum absolute atomic E-state index is 15.1. The van der Waals surface area contributed by atoms with Gasteiger partial charge in [0, 0.05) is 36.2 Å². The lowest BCUT2D eigenvalue weighted by molar-refractivity contribution is -0.145. The smallest absolute Gasteiger partial charge is 0.331 e. The van der Waals surface area contributed by atoms with Gasteiger partial charge in [0.25, 0.3) is 0 Å². The molecule has 10 heteroatoms. The van der Waals surface area contributed by atoms with Gasteiger partial charge in [0.05, 0.1) is 5.54 Å². The van der Waals surface area contributed by atoms with Crippen LogP contribution in [-0.2, 0) is 37.6 Å².